The molecule has 0 fully saturated rings. The highest BCUT2D eigenvalue weighted by Crippen LogP contribution is 2.34. The minimum absolute atomic E-state index is 0.109. The van der Waals surface area contributed by atoms with Crippen LogP contribution in [-0.2, 0) is 6.42 Å². The topological polar surface area (TPSA) is 35.2 Å². The summed E-state index contributed by atoms with van der Waals surface area (Å²) in [6, 6.07) is 14.1. The van der Waals surface area contributed by atoms with Crippen LogP contribution in [0.4, 0.5) is 0 Å². The first kappa shape index (κ1) is 15.2. The first-order valence-corrected chi connectivity index (χ1v) is 7.64. The first-order chi connectivity index (χ1) is 9.58. The molecule has 0 aliphatic heterocycles. The molecule has 0 saturated carbocycles. The number of hydrogen-bond donors (Lipinski definition) is 1. The van der Waals surface area contributed by atoms with Crippen LogP contribution in [0.25, 0.3) is 0 Å². The van der Waals surface area contributed by atoms with Crippen LogP contribution in [0.3, 0.4) is 0 Å². The van der Waals surface area contributed by atoms with Gasteiger partial charge < -0.3 is 10.5 Å². The van der Waals surface area contributed by atoms with E-state index in [1.54, 1.807) is 18.9 Å². The molecule has 0 aliphatic carbocycles. The first-order valence-electron chi connectivity index (χ1n) is 6.44. The number of ether oxygens (including phenoxy) is 1. The van der Waals surface area contributed by atoms with E-state index in [0.717, 1.165) is 22.1 Å². The zero-order valence-corrected chi connectivity index (χ0v) is 13.2. The largest absolute Gasteiger partial charge is 0.497 e. The van der Waals surface area contributed by atoms with Crippen LogP contribution in [0, 0.1) is 0 Å². The summed E-state index contributed by atoms with van der Waals surface area (Å²) in [6.45, 7) is 2.00. The molecule has 20 heavy (non-hydrogen) atoms. The number of rotatable bonds is 5. The molecule has 0 radical (unpaired) electrons. The minimum Gasteiger partial charge on any atom is -0.497 e. The Balaban J connectivity index is 2.27. The van der Waals surface area contributed by atoms with Crippen molar-refractivity contribution >= 4 is 23.4 Å². The average molecular weight is 308 g/mol. The zero-order valence-electron chi connectivity index (χ0n) is 11.6. The van der Waals surface area contributed by atoms with Gasteiger partial charge in [0.2, 0.25) is 0 Å². The lowest BCUT2D eigenvalue weighted by Gasteiger charge is -2.12. The van der Waals surface area contributed by atoms with Gasteiger partial charge in [-0.15, -0.1) is 0 Å². The summed E-state index contributed by atoms with van der Waals surface area (Å²) in [6.07, 6.45) is 0.812. The second kappa shape index (κ2) is 7.02. The average Bonchev–Trinajstić information content (AvgIpc) is 2.41. The second-order valence-electron chi connectivity index (χ2n) is 4.71. The number of methoxy groups -OCH3 is 1. The van der Waals surface area contributed by atoms with Gasteiger partial charge in [0.1, 0.15) is 5.75 Å². The Morgan fingerprint density at radius 1 is 1.25 bits per heavy atom. The highest BCUT2D eigenvalue weighted by molar-refractivity contribution is 7.99. The maximum atomic E-state index is 6.08. The fourth-order valence-electron chi connectivity index (χ4n) is 1.95. The molecule has 2 N–H and O–H groups in total. The van der Waals surface area contributed by atoms with Crippen LogP contribution in [0.2, 0.25) is 5.02 Å². The van der Waals surface area contributed by atoms with E-state index in [9.17, 15) is 0 Å². The van der Waals surface area contributed by atoms with E-state index >= 15 is 0 Å². The summed E-state index contributed by atoms with van der Waals surface area (Å²) in [7, 11) is 1.67. The molecular weight excluding hydrogens is 290 g/mol. The molecule has 2 aromatic rings. The van der Waals surface area contributed by atoms with Gasteiger partial charge in [0, 0.05) is 20.9 Å². The van der Waals surface area contributed by atoms with Crippen molar-refractivity contribution in [1.82, 2.24) is 0 Å². The maximum Gasteiger partial charge on any atom is 0.119 e. The smallest absolute Gasteiger partial charge is 0.119 e. The van der Waals surface area contributed by atoms with Gasteiger partial charge in [-0.25, -0.2) is 0 Å². The molecule has 0 spiro atoms. The molecule has 0 aromatic heterocycles. The van der Waals surface area contributed by atoms with Crippen molar-refractivity contribution in [2.24, 2.45) is 5.73 Å². The fourth-order valence-corrected chi connectivity index (χ4v) is 3.13. The normalized spacial score (nSPS) is 12.2. The Bertz CT molecular complexity index is 586. The third kappa shape index (κ3) is 4.17. The van der Waals surface area contributed by atoms with Crippen molar-refractivity contribution < 1.29 is 4.74 Å². The summed E-state index contributed by atoms with van der Waals surface area (Å²) in [5.74, 6) is 0.859. The highest BCUT2D eigenvalue weighted by atomic mass is 35.5. The van der Waals surface area contributed by atoms with E-state index < -0.39 is 0 Å². The molecular formula is C16H18ClNOS. The van der Waals surface area contributed by atoms with Crippen LogP contribution < -0.4 is 10.5 Å². The maximum absolute atomic E-state index is 6.08. The van der Waals surface area contributed by atoms with Crippen molar-refractivity contribution in [3.8, 4) is 5.75 Å². The van der Waals surface area contributed by atoms with E-state index in [0.29, 0.717) is 0 Å². The minimum atomic E-state index is 0.109. The predicted octanol–water partition coefficient (Wildman–Crippen LogP) is 4.39. The number of halogens is 1. The van der Waals surface area contributed by atoms with E-state index in [2.05, 4.69) is 6.07 Å². The molecule has 0 amide bonds. The third-order valence-electron chi connectivity index (χ3n) is 2.83. The zero-order chi connectivity index (χ0) is 14.5. The number of benzene rings is 2. The molecule has 0 bridgehead atoms. The fraction of sp³-hybridized carbons (Fsp3) is 0.250. The number of nitrogens with two attached hydrogens (primary N) is 1. The monoisotopic (exact) mass is 307 g/mol. The van der Waals surface area contributed by atoms with E-state index in [1.807, 2.05) is 43.3 Å². The van der Waals surface area contributed by atoms with Gasteiger partial charge in [0.05, 0.1) is 7.11 Å². The van der Waals surface area contributed by atoms with Crippen LogP contribution in [0.1, 0.15) is 12.5 Å². The SMILES string of the molecule is COc1cccc(Sc2ccc(Cl)cc2CC(C)N)c1. The van der Waals surface area contributed by atoms with Gasteiger partial charge in [-0.3, -0.25) is 0 Å². The lowest BCUT2D eigenvalue weighted by molar-refractivity contribution is 0.413. The Kier molecular flexibility index (Phi) is 5.35. The van der Waals surface area contributed by atoms with E-state index in [1.165, 1.54) is 10.5 Å². The molecule has 2 aromatic carbocycles. The van der Waals surface area contributed by atoms with Crippen LogP contribution >= 0.6 is 23.4 Å². The quantitative estimate of drug-likeness (QED) is 0.890. The van der Waals surface area contributed by atoms with Crippen molar-refractivity contribution in [1.29, 1.82) is 0 Å². The summed E-state index contributed by atoms with van der Waals surface area (Å²) >= 11 is 7.78. The highest BCUT2D eigenvalue weighted by Gasteiger charge is 2.08. The lowest BCUT2D eigenvalue weighted by atomic mass is 10.1. The summed E-state index contributed by atoms with van der Waals surface area (Å²) < 4.78 is 5.25. The Morgan fingerprint density at radius 3 is 2.75 bits per heavy atom. The standard InChI is InChI=1S/C16H18ClNOS/c1-11(18)8-12-9-13(17)6-7-16(12)20-15-5-3-4-14(10-15)19-2/h3-7,9-11H,8,18H2,1-2H3. The molecule has 2 rings (SSSR count). The van der Waals surface area contributed by atoms with Crippen LogP contribution in [0.15, 0.2) is 52.3 Å². The van der Waals surface area contributed by atoms with Crippen molar-refractivity contribution in [3.63, 3.8) is 0 Å². The van der Waals surface area contributed by atoms with Crippen LogP contribution in [-0.4, -0.2) is 13.2 Å². The van der Waals surface area contributed by atoms with Gasteiger partial charge >= 0.3 is 0 Å². The Labute approximate surface area is 129 Å². The molecule has 106 valence electrons. The molecule has 0 saturated heterocycles. The predicted molar refractivity (Wildman–Crippen MR) is 85.9 cm³/mol. The molecule has 2 nitrogen and oxygen atoms in total. The second-order valence-corrected chi connectivity index (χ2v) is 6.27. The molecule has 4 heteroatoms. The Morgan fingerprint density at radius 2 is 2.05 bits per heavy atom. The van der Waals surface area contributed by atoms with Crippen molar-refractivity contribution in [3.05, 3.63) is 53.1 Å². The van der Waals surface area contributed by atoms with Gasteiger partial charge in [-0.1, -0.05) is 29.4 Å². The molecule has 1 unspecified atom stereocenters. The van der Waals surface area contributed by atoms with Crippen LogP contribution in [0.5, 0.6) is 5.75 Å². The van der Waals surface area contributed by atoms with Gasteiger partial charge in [0.15, 0.2) is 0 Å². The van der Waals surface area contributed by atoms with E-state index in [-0.39, 0.29) is 6.04 Å². The van der Waals surface area contributed by atoms with Crippen molar-refractivity contribution in [2.45, 2.75) is 29.2 Å². The van der Waals surface area contributed by atoms with Gasteiger partial charge in [-0.05, 0) is 55.3 Å². The molecule has 1 atom stereocenters. The van der Waals surface area contributed by atoms with E-state index in [4.69, 9.17) is 22.1 Å². The van der Waals surface area contributed by atoms with Crippen molar-refractivity contribution in [2.75, 3.05) is 7.11 Å². The third-order valence-corrected chi connectivity index (χ3v) is 4.18. The van der Waals surface area contributed by atoms with Gasteiger partial charge in [-0.2, -0.15) is 0 Å². The number of hydrogen-bond acceptors (Lipinski definition) is 3. The molecule has 0 aliphatic rings. The molecule has 0 heterocycles. The summed E-state index contributed by atoms with van der Waals surface area (Å²) in [4.78, 5) is 2.32. The lowest BCUT2D eigenvalue weighted by Crippen LogP contribution is -2.18. The summed E-state index contributed by atoms with van der Waals surface area (Å²) in [5, 5.41) is 0.746. The summed E-state index contributed by atoms with van der Waals surface area (Å²) in [5.41, 5.74) is 7.09. The van der Waals surface area contributed by atoms with Gasteiger partial charge in [0.25, 0.3) is 0 Å². The Hall–Kier alpha value is -1.16.